The molecule has 0 saturated carbocycles. The molecule has 1 heterocycles. The van der Waals surface area contributed by atoms with Gasteiger partial charge in [0.2, 0.25) is 5.91 Å². The van der Waals surface area contributed by atoms with E-state index in [1.807, 2.05) is 18.0 Å². The van der Waals surface area contributed by atoms with Gasteiger partial charge in [-0.1, -0.05) is 12.1 Å². The van der Waals surface area contributed by atoms with E-state index in [1.54, 1.807) is 42.5 Å². The molecule has 4 rings (SSSR count). The van der Waals surface area contributed by atoms with Crippen molar-refractivity contribution in [3.8, 4) is 6.07 Å². The van der Waals surface area contributed by atoms with Crippen LogP contribution in [0.15, 0.2) is 59.1 Å². The molecule has 3 aromatic carbocycles. The van der Waals surface area contributed by atoms with Crippen LogP contribution in [0.2, 0.25) is 0 Å². The zero-order chi connectivity index (χ0) is 28.9. The summed E-state index contributed by atoms with van der Waals surface area (Å²) in [5.41, 5.74) is 14.2. The molecule has 200 valence electrons. The summed E-state index contributed by atoms with van der Waals surface area (Å²) < 4.78 is 0.359. The number of rotatable bonds is 6. The number of carbonyl (C=O) groups is 3. The predicted octanol–water partition coefficient (Wildman–Crippen LogP) is 3.77. The minimum absolute atomic E-state index is 0.0982. The highest BCUT2D eigenvalue weighted by Crippen LogP contribution is 2.29. The van der Waals surface area contributed by atoms with Crippen molar-refractivity contribution in [1.29, 1.82) is 5.26 Å². The van der Waals surface area contributed by atoms with Crippen molar-refractivity contribution in [1.82, 2.24) is 4.90 Å². The Labute approximate surface area is 232 Å². The van der Waals surface area contributed by atoms with Crippen LogP contribution in [-0.2, 0) is 4.79 Å². The third-order valence-electron chi connectivity index (χ3n) is 5.77. The summed E-state index contributed by atoms with van der Waals surface area (Å²) in [6.45, 7) is 2.13. The van der Waals surface area contributed by atoms with Gasteiger partial charge in [0.05, 0.1) is 38.7 Å². The number of non-ortho nitro benzene ring substituents is 1. The lowest BCUT2D eigenvalue weighted by atomic mass is 10.1. The van der Waals surface area contributed by atoms with Gasteiger partial charge in [0, 0.05) is 49.4 Å². The molecule has 0 radical (unpaired) electrons. The topological polar surface area (TPSA) is 189 Å². The fraction of sp³-hybridized carbons (Fsp3) is 0.154. The fourth-order valence-electron chi connectivity index (χ4n) is 3.70. The van der Waals surface area contributed by atoms with Crippen molar-refractivity contribution in [3.63, 3.8) is 0 Å². The average Bonchev–Trinajstić information content (AvgIpc) is 3.14. The summed E-state index contributed by atoms with van der Waals surface area (Å²) in [6.07, 6.45) is 0. The highest BCUT2D eigenvalue weighted by Gasteiger charge is 2.34. The molecule has 1 aliphatic rings. The fourth-order valence-corrected chi connectivity index (χ4v) is 4.15. The number of fused-ring (bicyclic) bond motifs is 1. The quantitative estimate of drug-likeness (QED) is 0.165. The number of nitro benzene ring substituents is 1. The number of benzene rings is 3. The van der Waals surface area contributed by atoms with Crippen LogP contribution in [0.1, 0.15) is 33.2 Å². The number of imide groups is 1. The number of nitriles is 1. The Morgan fingerprint density at radius 1 is 1.13 bits per heavy atom. The number of nitro groups is 1. The van der Waals surface area contributed by atoms with Gasteiger partial charge in [-0.15, -0.1) is 0 Å². The van der Waals surface area contributed by atoms with E-state index in [9.17, 15) is 24.5 Å². The second-order valence-electron chi connectivity index (χ2n) is 8.44. The minimum Gasteiger partial charge on any atom is -0.397 e. The average molecular weight is 594 g/mol. The van der Waals surface area contributed by atoms with Gasteiger partial charge in [0.25, 0.3) is 17.5 Å². The van der Waals surface area contributed by atoms with Crippen molar-refractivity contribution in [3.05, 3.63) is 85.9 Å². The van der Waals surface area contributed by atoms with E-state index in [4.69, 9.17) is 16.7 Å². The van der Waals surface area contributed by atoms with Crippen LogP contribution in [0.3, 0.4) is 0 Å². The van der Waals surface area contributed by atoms with E-state index in [1.165, 1.54) is 17.9 Å². The Kier molecular flexibility index (Phi) is 8.84. The first kappa shape index (κ1) is 28.6. The van der Waals surface area contributed by atoms with E-state index < -0.39 is 4.92 Å². The van der Waals surface area contributed by atoms with Crippen molar-refractivity contribution in [2.75, 3.05) is 41.8 Å². The second-order valence-corrected chi connectivity index (χ2v) is 9.29. The largest absolute Gasteiger partial charge is 0.397 e. The number of nitrogens with two attached hydrogens (primary N) is 2. The van der Waals surface area contributed by atoms with Crippen LogP contribution in [0.5, 0.6) is 0 Å². The lowest BCUT2D eigenvalue weighted by molar-refractivity contribution is -0.384. The van der Waals surface area contributed by atoms with E-state index >= 15 is 0 Å². The molecule has 3 amide bonds. The number of anilines is 4. The Balaban J connectivity index is 0.000000272. The van der Waals surface area contributed by atoms with Gasteiger partial charge in [-0.25, -0.2) is 0 Å². The molecule has 5 N–H and O–H groups in total. The molecule has 1 aliphatic heterocycles. The van der Waals surface area contributed by atoms with Gasteiger partial charge in [0.15, 0.2) is 0 Å². The zero-order valence-electron chi connectivity index (χ0n) is 21.0. The minimum atomic E-state index is -0.578. The SMILES string of the molecule is CC(=O)Nc1cc(N(C)CCN2C(=O)c3ccccc3C2=O)ccc1N.N#Cc1cc([N+](=O)[O-])cc(Br)c1N. The standard InChI is InChI=1S/C19H20N4O3.C7H4BrN3O2/c1-12(24)21-17-11-13(7-8-16(17)20)22(2)9-10-23-18(25)14-5-3-4-6-15(14)19(23)26;8-6-2-5(11(12)13)1-4(3-9)7(6)10/h3-8,11H,9-10,20H2,1-2H3,(H,21,24);1-2H,10H2. The molecule has 0 atom stereocenters. The van der Waals surface area contributed by atoms with Gasteiger partial charge in [-0.05, 0) is 46.3 Å². The Morgan fingerprint density at radius 2 is 1.74 bits per heavy atom. The summed E-state index contributed by atoms with van der Waals surface area (Å²) in [6, 6.07) is 16.3. The first-order valence-electron chi connectivity index (χ1n) is 11.4. The molecule has 3 aromatic rings. The molecular formula is C26H24BrN7O5. The maximum atomic E-state index is 12.4. The van der Waals surface area contributed by atoms with Gasteiger partial charge in [0.1, 0.15) is 6.07 Å². The zero-order valence-corrected chi connectivity index (χ0v) is 22.6. The highest BCUT2D eigenvalue weighted by molar-refractivity contribution is 9.10. The van der Waals surface area contributed by atoms with Gasteiger partial charge >= 0.3 is 0 Å². The van der Waals surface area contributed by atoms with Crippen LogP contribution in [0.4, 0.5) is 28.4 Å². The highest BCUT2D eigenvalue weighted by atomic mass is 79.9. The Bertz CT molecular complexity index is 1480. The number of halogens is 1. The first-order valence-corrected chi connectivity index (χ1v) is 12.2. The van der Waals surface area contributed by atoms with Crippen LogP contribution >= 0.6 is 15.9 Å². The van der Waals surface area contributed by atoms with E-state index in [2.05, 4.69) is 21.2 Å². The third kappa shape index (κ3) is 6.49. The predicted molar refractivity (Wildman–Crippen MR) is 150 cm³/mol. The van der Waals surface area contributed by atoms with Gasteiger partial charge in [-0.3, -0.25) is 29.4 Å². The number of nitrogens with one attached hydrogen (secondary N) is 1. The number of hydrogen-bond donors (Lipinski definition) is 3. The normalized spacial score (nSPS) is 11.7. The van der Waals surface area contributed by atoms with Crippen LogP contribution in [-0.4, -0.2) is 47.7 Å². The molecule has 0 unspecified atom stereocenters. The number of likely N-dealkylation sites (N-methyl/N-ethyl adjacent to an activating group) is 1. The van der Waals surface area contributed by atoms with Crippen molar-refractivity contribution in [2.24, 2.45) is 0 Å². The summed E-state index contributed by atoms with van der Waals surface area (Å²) in [5, 5.41) is 21.6. The molecule has 0 fully saturated rings. The molecule has 12 nitrogen and oxygen atoms in total. The molecule has 0 saturated heterocycles. The number of hydrogen-bond acceptors (Lipinski definition) is 9. The summed E-state index contributed by atoms with van der Waals surface area (Å²) in [4.78, 5) is 49.0. The molecule has 0 aromatic heterocycles. The maximum Gasteiger partial charge on any atom is 0.272 e. The molecule has 0 aliphatic carbocycles. The molecule has 13 heteroatoms. The Hall–Kier alpha value is -4.96. The van der Waals surface area contributed by atoms with E-state index in [0.717, 1.165) is 11.8 Å². The van der Waals surface area contributed by atoms with Crippen LogP contribution < -0.4 is 21.7 Å². The smallest absolute Gasteiger partial charge is 0.272 e. The Morgan fingerprint density at radius 3 is 2.28 bits per heavy atom. The molecular weight excluding hydrogens is 570 g/mol. The van der Waals surface area contributed by atoms with Crippen molar-refractivity contribution < 1.29 is 19.3 Å². The molecule has 0 spiro atoms. The number of nitrogen functional groups attached to an aromatic ring is 2. The number of carbonyl (C=O) groups excluding carboxylic acids is 3. The van der Waals surface area contributed by atoms with Crippen molar-refractivity contribution >= 4 is 62.1 Å². The monoisotopic (exact) mass is 593 g/mol. The van der Waals surface area contributed by atoms with Crippen LogP contribution in [0, 0.1) is 21.4 Å². The summed E-state index contributed by atoms with van der Waals surface area (Å²) in [7, 11) is 1.85. The summed E-state index contributed by atoms with van der Waals surface area (Å²) in [5.74, 6) is -0.743. The number of nitrogens with zero attached hydrogens (tertiary/aromatic N) is 4. The van der Waals surface area contributed by atoms with E-state index in [-0.39, 0.29) is 41.2 Å². The lowest BCUT2D eigenvalue weighted by Gasteiger charge is -2.23. The molecule has 0 bridgehead atoms. The van der Waals surface area contributed by atoms with Crippen molar-refractivity contribution in [2.45, 2.75) is 6.92 Å². The van der Waals surface area contributed by atoms with Crippen LogP contribution in [0.25, 0.3) is 0 Å². The number of amides is 3. The molecule has 39 heavy (non-hydrogen) atoms. The third-order valence-corrected chi connectivity index (χ3v) is 6.43. The first-order chi connectivity index (χ1) is 18.4. The van der Waals surface area contributed by atoms with Gasteiger partial charge in [-0.2, -0.15) is 5.26 Å². The van der Waals surface area contributed by atoms with Gasteiger partial charge < -0.3 is 21.7 Å². The summed E-state index contributed by atoms with van der Waals surface area (Å²) >= 11 is 3.03. The maximum absolute atomic E-state index is 12.4. The second kappa shape index (κ2) is 12.1. The lowest BCUT2D eigenvalue weighted by Crippen LogP contribution is -2.37. The van der Waals surface area contributed by atoms with E-state index in [0.29, 0.717) is 33.5 Å².